The lowest BCUT2D eigenvalue weighted by molar-refractivity contribution is 0.218. The van der Waals surface area contributed by atoms with Gasteiger partial charge in [0.25, 0.3) is 0 Å². The number of aromatic nitrogens is 2. The normalized spacial score (nSPS) is 13.1. The molecular formula is C15H23N3O. The summed E-state index contributed by atoms with van der Waals surface area (Å²) in [7, 11) is 2.04. The van der Waals surface area contributed by atoms with Crippen molar-refractivity contribution in [2.45, 2.75) is 26.8 Å². The van der Waals surface area contributed by atoms with Crippen LogP contribution in [0, 0.1) is 12.8 Å². The molecule has 0 aliphatic carbocycles. The minimum absolute atomic E-state index is 0.252. The molecule has 4 nitrogen and oxygen atoms in total. The first-order chi connectivity index (χ1) is 9.15. The molecule has 0 radical (unpaired) electrons. The largest absolute Gasteiger partial charge is 0.396 e. The summed E-state index contributed by atoms with van der Waals surface area (Å²) in [5.41, 5.74) is 3.45. The van der Waals surface area contributed by atoms with Gasteiger partial charge < -0.3 is 15.0 Å². The zero-order chi connectivity index (χ0) is 13.8. The summed E-state index contributed by atoms with van der Waals surface area (Å²) in [6, 6.07) is 6.39. The first-order valence-corrected chi connectivity index (χ1v) is 6.89. The maximum Gasteiger partial charge on any atom is 0.106 e. The smallest absolute Gasteiger partial charge is 0.106 e. The van der Waals surface area contributed by atoms with E-state index in [0.29, 0.717) is 5.92 Å². The molecule has 1 heterocycles. The Balaban J connectivity index is 2.02. The van der Waals surface area contributed by atoms with Crippen molar-refractivity contribution in [3.63, 3.8) is 0 Å². The third-order valence-corrected chi connectivity index (χ3v) is 3.77. The van der Waals surface area contributed by atoms with Crippen molar-refractivity contribution in [3.05, 3.63) is 29.6 Å². The number of imidazole rings is 1. The van der Waals surface area contributed by atoms with E-state index in [1.54, 1.807) is 0 Å². The minimum atomic E-state index is 0.252. The predicted molar refractivity (Wildman–Crippen MR) is 78.0 cm³/mol. The number of fused-ring (bicyclic) bond motifs is 1. The molecular weight excluding hydrogens is 238 g/mol. The molecule has 19 heavy (non-hydrogen) atoms. The molecule has 4 heteroatoms. The van der Waals surface area contributed by atoms with Crippen molar-refractivity contribution in [2.24, 2.45) is 13.0 Å². The lowest BCUT2D eigenvalue weighted by atomic mass is 10.1. The van der Waals surface area contributed by atoms with E-state index in [4.69, 9.17) is 5.11 Å². The van der Waals surface area contributed by atoms with E-state index in [1.165, 1.54) is 11.1 Å². The molecule has 0 amide bonds. The standard InChI is InChI=1S/C15H23N3O/c1-4-12(10-19)8-16-9-13-5-6-15-14(7-13)17-11(2)18(15)3/h5-7,12,16,19H,4,8-10H2,1-3H3. The third-order valence-electron chi connectivity index (χ3n) is 3.77. The Morgan fingerprint density at radius 3 is 2.89 bits per heavy atom. The van der Waals surface area contributed by atoms with Gasteiger partial charge in [-0.05, 0) is 37.0 Å². The zero-order valence-corrected chi connectivity index (χ0v) is 12.0. The fourth-order valence-corrected chi connectivity index (χ4v) is 2.23. The molecule has 2 aromatic rings. The summed E-state index contributed by atoms with van der Waals surface area (Å²) in [5.74, 6) is 1.38. The number of rotatable bonds is 6. The molecule has 0 aliphatic rings. The van der Waals surface area contributed by atoms with Crippen LogP contribution in [0.1, 0.15) is 24.7 Å². The van der Waals surface area contributed by atoms with Crippen LogP contribution in [0.5, 0.6) is 0 Å². The Kier molecular flexibility index (Phi) is 4.56. The fourth-order valence-electron chi connectivity index (χ4n) is 2.23. The van der Waals surface area contributed by atoms with Gasteiger partial charge in [-0.2, -0.15) is 0 Å². The first-order valence-electron chi connectivity index (χ1n) is 6.89. The molecule has 0 bridgehead atoms. The van der Waals surface area contributed by atoms with Crippen molar-refractivity contribution in [3.8, 4) is 0 Å². The van der Waals surface area contributed by atoms with Crippen LogP contribution in [0.25, 0.3) is 11.0 Å². The van der Waals surface area contributed by atoms with Gasteiger partial charge in [0, 0.05) is 26.7 Å². The lowest BCUT2D eigenvalue weighted by Crippen LogP contribution is -2.24. The van der Waals surface area contributed by atoms with E-state index in [2.05, 4.69) is 40.0 Å². The van der Waals surface area contributed by atoms with Gasteiger partial charge >= 0.3 is 0 Å². The number of nitrogens with zero attached hydrogens (tertiary/aromatic N) is 2. The number of hydrogen-bond donors (Lipinski definition) is 2. The van der Waals surface area contributed by atoms with Crippen LogP contribution in [-0.2, 0) is 13.6 Å². The average molecular weight is 261 g/mol. The average Bonchev–Trinajstić information content (AvgIpc) is 2.70. The summed E-state index contributed by atoms with van der Waals surface area (Å²) >= 11 is 0. The van der Waals surface area contributed by atoms with Crippen molar-refractivity contribution in [2.75, 3.05) is 13.2 Å². The Morgan fingerprint density at radius 2 is 2.21 bits per heavy atom. The van der Waals surface area contributed by atoms with E-state index < -0.39 is 0 Å². The maximum atomic E-state index is 9.15. The van der Waals surface area contributed by atoms with Crippen LogP contribution in [0.4, 0.5) is 0 Å². The topological polar surface area (TPSA) is 50.1 Å². The van der Waals surface area contributed by atoms with E-state index in [9.17, 15) is 0 Å². The van der Waals surface area contributed by atoms with Crippen LogP contribution in [0.3, 0.4) is 0 Å². The summed E-state index contributed by atoms with van der Waals surface area (Å²) in [4.78, 5) is 4.54. The third kappa shape index (κ3) is 3.14. The van der Waals surface area contributed by atoms with Gasteiger partial charge in [-0.1, -0.05) is 13.0 Å². The highest BCUT2D eigenvalue weighted by atomic mass is 16.3. The highest BCUT2D eigenvalue weighted by Gasteiger charge is 2.06. The van der Waals surface area contributed by atoms with Crippen molar-refractivity contribution < 1.29 is 5.11 Å². The van der Waals surface area contributed by atoms with Crippen LogP contribution in [-0.4, -0.2) is 27.8 Å². The van der Waals surface area contributed by atoms with Crippen LogP contribution >= 0.6 is 0 Å². The van der Waals surface area contributed by atoms with E-state index in [0.717, 1.165) is 30.9 Å². The summed E-state index contributed by atoms with van der Waals surface area (Å²) in [6.45, 7) is 6.05. The van der Waals surface area contributed by atoms with Gasteiger partial charge in [-0.15, -0.1) is 0 Å². The van der Waals surface area contributed by atoms with Crippen molar-refractivity contribution in [1.82, 2.24) is 14.9 Å². The summed E-state index contributed by atoms with van der Waals surface area (Å²) < 4.78 is 2.10. The Morgan fingerprint density at radius 1 is 1.42 bits per heavy atom. The molecule has 2 rings (SSSR count). The number of aliphatic hydroxyl groups is 1. The highest BCUT2D eigenvalue weighted by molar-refractivity contribution is 5.76. The predicted octanol–water partition coefficient (Wildman–Crippen LogP) is 1.99. The highest BCUT2D eigenvalue weighted by Crippen LogP contribution is 2.16. The molecule has 0 saturated carbocycles. The lowest BCUT2D eigenvalue weighted by Gasteiger charge is -2.12. The Bertz CT molecular complexity index is 544. The van der Waals surface area contributed by atoms with Crippen molar-refractivity contribution in [1.29, 1.82) is 0 Å². The van der Waals surface area contributed by atoms with Gasteiger partial charge in [0.05, 0.1) is 11.0 Å². The Hall–Kier alpha value is -1.39. The van der Waals surface area contributed by atoms with Crippen molar-refractivity contribution >= 4 is 11.0 Å². The van der Waals surface area contributed by atoms with Gasteiger partial charge in [0.2, 0.25) is 0 Å². The molecule has 0 spiro atoms. The quantitative estimate of drug-likeness (QED) is 0.836. The summed E-state index contributed by atoms with van der Waals surface area (Å²) in [5, 5.41) is 12.5. The molecule has 1 aromatic carbocycles. The van der Waals surface area contributed by atoms with Gasteiger partial charge in [0.15, 0.2) is 0 Å². The second-order valence-electron chi connectivity index (χ2n) is 5.13. The molecule has 2 N–H and O–H groups in total. The van der Waals surface area contributed by atoms with E-state index >= 15 is 0 Å². The first kappa shape index (κ1) is 14.0. The number of hydrogen-bond acceptors (Lipinski definition) is 3. The molecule has 0 aliphatic heterocycles. The van der Waals surface area contributed by atoms with Gasteiger partial charge in [-0.25, -0.2) is 4.98 Å². The molecule has 1 aromatic heterocycles. The number of aryl methyl sites for hydroxylation is 2. The number of benzene rings is 1. The molecule has 104 valence electrons. The second kappa shape index (κ2) is 6.17. The molecule has 1 unspecified atom stereocenters. The minimum Gasteiger partial charge on any atom is -0.396 e. The zero-order valence-electron chi connectivity index (χ0n) is 12.0. The second-order valence-corrected chi connectivity index (χ2v) is 5.13. The van der Waals surface area contributed by atoms with Crippen LogP contribution in [0.2, 0.25) is 0 Å². The molecule has 0 saturated heterocycles. The summed E-state index contributed by atoms with van der Waals surface area (Å²) in [6.07, 6.45) is 1.00. The van der Waals surface area contributed by atoms with E-state index in [-0.39, 0.29) is 6.61 Å². The molecule has 1 atom stereocenters. The monoisotopic (exact) mass is 261 g/mol. The molecule has 0 fully saturated rings. The Labute approximate surface area is 114 Å². The maximum absolute atomic E-state index is 9.15. The SMILES string of the molecule is CCC(CO)CNCc1ccc2c(c1)nc(C)n2C. The van der Waals surface area contributed by atoms with Crippen LogP contribution < -0.4 is 5.32 Å². The van der Waals surface area contributed by atoms with Gasteiger partial charge in [0.1, 0.15) is 5.82 Å². The van der Waals surface area contributed by atoms with Gasteiger partial charge in [-0.3, -0.25) is 0 Å². The van der Waals surface area contributed by atoms with Crippen LogP contribution in [0.15, 0.2) is 18.2 Å². The fraction of sp³-hybridized carbons (Fsp3) is 0.533. The number of aliphatic hydroxyl groups excluding tert-OH is 1. The number of nitrogens with one attached hydrogen (secondary N) is 1. The van der Waals surface area contributed by atoms with E-state index in [1.807, 2.05) is 14.0 Å².